The number of allylic oxidation sites excluding steroid dienone is 1. The second-order valence-electron chi connectivity index (χ2n) is 3.44. The lowest BCUT2D eigenvalue weighted by atomic mass is 10.1. The molecular formula is C11H10F3NO2S. The van der Waals surface area contributed by atoms with E-state index < -0.39 is 22.4 Å². The van der Waals surface area contributed by atoms with Gasteiger partial charge >= 0.3 is 6.18 Å². The van der Waals surface area contributed by atoms with Crippen LogP contribution in [-0.2, 0) is 6.18 Å². The van der Waals surface area contributed by atoms with Gasteiger partial charge in [0.2, 0.25) is 0 Å². The summed E-state index contributed by atoms with van der Waals surface area (Å²) in [7, 11) is 0. The summed E-state index contributed by atoms with van der Waals surface area (Å²) < 4.78 is 37.3. The first-order valence-electron chi connectivity index (χ1n) is 4.99. The summed E-state index contributed by atoms with van der Waals surface area (Å²) in [6, 6.07) is 2.46. The lowest BCUT2D eigenvalue weighted by molar-refractivity contribution is -0.385. The number of hydrogen-bond donors (Lipinski definition) is 1. The van der Waals surface area contributed by atoms with Gasteiger partial charge in [0.15, 0.2) is 0 Å². The van der Waals surface area contributed by atoms with Gasteiger partial charge in [0.25, 0.3) is 5.69 Å². The molecule has 0 unspecified atom stereocenters. The van der Waals surface area contributed by atoms with E-state index in [9.17, 15) is 23.3 Å². The number of benzene rings is 1. The van der Waals surface area contributed by atoms with Gasteiger partial charge in [-0.2, -0.15) is 25.8 Å². The molecule has 0 saturated heterocycles. The molecule has 0 aliphatic heterocycles. The zero-order valence-corrected chi connectivity index (χ0v) is 10.0. The van der Waals surface area contributed by atoms with E-state index in [1.54, 1.807) is 6.08 Å². The molecule has 0 spiro atoms. The monoisotopic (exact) mass is 277 g/mol. The van der Waals surface area contributed by atoms with E-state index >= 15 is 0 Å². The highest BCUT2D eigenvalue weighted by Crippen LogP contribution is 2.33. The molecule has 0 amide bonds. The van der Waals surface area contributed by atoms with Crippen molar-refractivity contribution in [1.29, 1.82) is 0 Å². The Balaban J connectivity index is 3.17. The molecule has 7 heteroatoms. The Kier molecular flexibility index (Phi) is 4.77. The molecule has 0 N–H and O–H groups in total. The first-order valence-corrected chi connectivity index (χ1v) is 5.62. The van der Waals surface area contributed by atoms with Crippen LogP contribution >= 0.6 is 12.6 Å². The number of rotatable bonds is 4. The van der Waals surface area contributed by atoms with Crippen molar-refractivity contribution in [3.8, 4) is 0 Å². The third kappa shape index (κ3) is 3.76. The molecule has 18 heavy (non-hydrogen) atoms. The van der Waals surface area contributed by atoms with Crippen LogP contribution in [0.25, 0.3) is 6.08 Å². The van der Waals surface area contributed by atoms with Gasteiger partial charge in [0, 0.05) is 6.07 Å². The fourth-order valence-corrected chi connectivity index (χ4v) is 1.45. The highest BCUT2D eigenvalue weighted by molar-refractivity contribution is 7.80. The smallest absolute Gasteiger partial charge is 0.258 e. The van der Waals surface area contributed by atoms with Gasteiger partial charge in [-0.05, 0) is 24.3 Å². The van der Waals surface area contributed by atoms with E-state index in [1.807, 2.05) is 0 Å². The summed E-state index contributed by atoms with van der Waals surface area (Å²) in [5, 5.41) is 10.7. The lowest BCUT2D eigenvalue weighted by Gasteiger charge is -2.07. The van der Waals surface area contributed by atoms with Gasteiger partial charge < -0.3 is 0 Å². The molecule has 0 aromatic heterocycles. The van der Waals surface area contributed by atoms with E-state index in [-0.39, 0.29) is 5.56 Å². The molecule has 0 radical (unpaired) electrons. The maximum Gasteiger partial charge on any atom is 0.416 e. The van der Waals surface area contributed by atoms with E-state index in [2.05, 4.69) is 12.6 Å². The quantitative estimate of drug-likeness (QED) is 0.514. The predicted molar refractivity (Wildman–Crippen MR) is 65.6 cm³/mol. The summed E-state index contributed by atoms with van der Waals surface area (Å²) >= 11 is 3.95. The zero-order chi connectivity index (χ0) is 13.8. The second-order valence-corrected chi connectivity index (χ2v) is 3.89. The maximum absolute atomic E-state index is 12.4. The molecule has 0 heterocycles. The maximum atomic E-state index is 12.4. The second kappa shape index (κ2) is 5.90. The fourth-order valence-electron chi connectivity index (χ4n) is 1.30. The van der Waals surface area contributed by atoms with Crippen molar-refractivity contribution in [2.45, 2.75) is 12.6 Å². The van der Waals surface area contributed by atoms with Gasteiger partial charge in [-0.3, -0.25) is 10.1 Å². The number of nitro benzene ring substituents is 1. The van der Waals surface area contributed by atoms with Crippen LogP contribution in [0.2, 0.25) is 0 Å². The van der Waals surface area contributed by atoms with E-state index in [4.69, 9.17) is 0 Å². The van der Waals surface area contributed by atoms with Gasteiger partial charge in [-0.1, -0.05) is 12.2 Å². The Hall–Kier alpha value is -1.50. The average molecular weight is 277 g/mol. The van der Waals surface area contributed by atoms with Crippen molar-refractivity contribution in [1.82, 2.24) is 0 Å². The van der Waals surface area contributed by atoms with Crippen LogP contribution in [0, 0.1) is 10.1 Å². The summed E-state index contributed by atoms with van der Waals surface area (Å²) in [4.78, 5) is 9.90. The zero-order valence-electron chi connectivity index (χ0n) is 9.15. The molecule has 0 atom stereocenters. The normalized spacial score (nSPS) is 12.0. The van der Waals surface area contributed by atoms with E-state index in [0.717, 1.165) is 12.1 Å². The Bertz CT molecular complexity index is 472. The Morgan fingerprint density at radius 3 is 2.56 bits per heavy atom. The topological polar surface area (TPSA) is 43.1 Å². The molecule has 98 valence electrons. The summed E-state index contributed by atoms with van der Waals surface area (Å²) in [6.07, 6.45) is -0.948. The van der Waals surface area contributed by atoms with E-state index in [0.29, 0.717) is 18.2 Å². The van der Waals surface area contributed by atoms with Crippen molar-refractivity contribution in [3.05, 3.63) is 45.5 Å². The summed E-state index contributed by atoms with van der Waals surface area (Å²) in [6.45, 7) is 0. The van der Waals surface area contributed by atoms with Crippen LogP contribution in [0.1, 0.15) is 17.5 Å². The Morgan fingerprint density at radius 1 is 1.39 bits per heavy atom. The van der Waals surface area contributed by atoms with Gasteiger partial charge in [-0.15, -0.1) is 0 Å². The van der Waals surface area contributed by atoms with Crippen molar-refractivity contribution in [2.24, 2.45) is 0 Å². The SMILES string of the molecule is O=[N+]([O-])c1cc(C(F)(F)F)ccc1C=CCCS. The standard InChI is InChI=1S/C11H10F3NO2S/c12-11(13,14)9-5-4-8(3-1-2-6-18)10(7-9)15(16)17/h1,3-5,7,18H,2,6H2. The fraction of sp³-hybridized carbons (Fsp3) is 0.273. The van der Waals surface area contributed by atoms with E-state index in [1.165, 1.54) is 6.08 Å². The molecule has 0 saturated carbocycles. The largest absolute Gasteiger partial charge is 0.416 e. The van der Waals surface area contributed by atoms with Crippen LogP contribution < -0.4 is 0 Å². The van der Waals surface area contributed by atoms with Gasteiger partial charge in [0.05, 0.1) is 16.1 Å². The number of hydrogen-bond acceptors (Lipinski definition) is 3. The molecule has 1 aromatic rings. The van der Waals surface area contributed by atoms with Crippen molar-refractivity contribution < 1.29 is 18.1 Å². The van der Waals surface area contributed by atoms with Crippen molar-refractivity contribution in [3.63, 3.8) is 0 Å². The first-order chi connectivity index (χ1) is 8.36. The van der Waals surface area contributed by atoms with Crippen LogP contribution in [0.5, 0.6) is 0 Å². The third-order valence-corrected chi connectivity index (χ3v) is 2.41. The Morgan fingerprint density at radius 2 is 2.06 bits per heavy atom. The predicted octanol–water partition coefficient (Wildman–Crippen LogP) is 3.95. The minimum atomic E-state index is -4.59. The number of thiol groups is 1. The average Bonchev–Trinajstić information content (AvgIpc) is 2.28. The molecule has 3 nitrogen and oxygen atoms in total. The molecule has 0 fully saturated rings. The lowest BCUT2D eigenvalue weighted by Crippen LogP contribution is -2.06. The number of halogens is 3. The molecule has 0 bridgehead atoms. The van der Waals surface area contributed by atoms with Gasteiger partial charge in [-0.25, -0.2) is 0 Å². The van der Waals surface area contributed by atoms with Crippen molar-refractivity contribution >= 4 is 24.4 Å². The molecule has 1 aromatic carbocycles. The molecule has 0 aliphatic rings. The number of nitrogens with zero attached hydrogens (tertiary/aromatic N) is 1. The van der Waals surface area contributed by atoms with Crippen LogP contribution in [0.3, 0.4) is 0 Å². The number of alkyl halides is 3. The van der Waals surface area contributed by atoms with Gasteiger partial charge in [0.1, 0.15) is 0 Å². The minimum Gasteiger partial charge on any atom is -0.258 e. The Labute approximate surface area is 107 Å². The molecule has 0 aliphatic carbocycles. The van der Waals surface area contributed by atoms with Crippen LogP contribution in [-0.4, -0.2) is 10.7 Å². The highest BCUT2D eigenvalue weighted by atomic mass is 32.1. The summed E-state index contributed by atoms with van der Waals surface area (Å²) in [5.74, 6) is 0.560. The van der Waals surface area contributed by atoms with Crippen LogP contribution in [0.15, 0.2) is 24.3 Å². The van der Waals surface area contributed by atoms with Crippen LogP contribution in [0.4, 0.5) is 18.9 Å². The molecular weight excluding hydrogens is 267 g/mol. The third-order valence-electron chi connectivity index (χ3n) is 2.15. The summed E-state index contributed by atoms with van der Waals surface area (Å²) in [5.41, 5.74) is -1.43. The first kappa shape index (κ1) is 14.6. The van der Waals surface area contributed by atoms with Crippen molar-refractivity contribution in [2.75, 3.05) is 5.75 Å². The minimum absolute atomic E-state index is 0.148. The number of nitro groups is 1. The highest BCUT2D eigenvalue weighted by Gasteiger charge is 2.32. The molecule has 1 rings (SSSR count).